The van der Waals surface area contributed by atoms with E-state index < -0.39 is 15.9 Å². The largest absolute Gasteiger partial charge is 0.382 e. The number of fused-ring (bicyclic) bond motifs is 3. The molecule has 1 N–H and O–H groups in total. The normalized spacial score (nSPS) is 14.8. The molecule has 0 spiro atoms. The van der Waals surface area contributed by atoms with Crippen molar-refractivity contribution in [1.29, 1.82) is 0 Å². The van der Waals surface area contributed by atoms with Crippen LogP contribution in [0.5, 0.6) is 0 Å². The van der Waals surface area contributed by atoms with Crippen molar-refractivity contribution in [2.24, 2.45) is 5.92 Å². The summed E-state index contributed by atoms with van der Waals surface area (Å²) in [5, 5.41) is 5.35. The minimum absolute atomic E-state index is 0.0452. The number of rotatable bonds is 10. The average Bonchev–Trinajstić information content (AvgIpc) is 3.68. The second-order valence-electron chi connectivity index (χ2n) is 9.93. The molecule has 194 valence electrons. The van der Waals surface area contributed by atoms with E-state index in [4.69, 9.17) is 4.74 Å². The number of carbonyl (C=O) groups is 1. The van der Waals surface area contributed by atoms with Crippen LogP contribution >= 0.6 is 0 Å². The number of hydrogen-bond acceptors (Lipinski definition) is 4. The molecule has 37 heavy (non-hydrogen) atoms. The van der Waals surface area contributed by atoms with E-state index in [0.717, 1.165) is 35.3 Å². The Morgan fingerprint density at radius 2 is 1.68 bits per heavy atom. The predicted octanol–water partition coefficient (Wildman–Crippen LogP) is 5.68. The second-order valence-corrected chi connectivity index (χ2v) is 12.2. The molecule has 3 aromatic carbocycles. The Labute approximate surface area is 218 Å². The lowest BCUT2D eigenvalue weighted by molar-refractivity contribution is 0.0896. The van der Waals surface area contributed by atoms with Crippen LogP contribution in [0, 0.1) is 5.92 Å². The van der Waals surface area contributed by atoms with E-state index in [0.29, 0.717) is 5.56 Å². The first kappa shape index (κ1) is 25.5. The molecular weight excluding hydrogens is 484 g/mol. The molecule has 0 aliphatic heterocycles. The molecule has 1 atom stereocenters. The molecule has 6 nitrogen and oxygen atoms in total. The van der Waals surface area contributed by atoms with Gasteiger partial charge in [-0.15, -0.1) is 0 Å². The van der Waals surface area contributed by atoms with Gasteiger partial charge in [0.25, 0.3) is 5.91 Å². The third-order valence-corrected chi connectivity index (χ3v) is 9.14. The van der Waals surface area contributed by atoms with Gasteiger partial charge in [0.05, 0.1) is 23.3 Å². The number of sulfone groups is 1. The minimum atomic E-state index is -3.29. The molecule has 1 aromatic heterocycles. The van der Waals surface area contributed by atoms with E-state index in [1.165, 1.54) is 29.3 Å². The molecule has 1 heterocycles. The van der Waals surface area contributed by atoms with Gasteiger partial charge >= 0.3 is 0 Å². The van der Waals surface area contributed by atoms with E-state index >= 15 is 0 Å². The first-order valence-corrected chi connectivity index (χ1v) is 14.7. The fraction of sp³-hybridized carbons (Fsp3) is 0.367. The summed E-state index contributed by atoms with van der Waals surface area (Å²) in [7, 11) is -1.70. The van der Waals surface area contributed by atoms with Gasteiger partial charge in [-0.05, 0) is 85.7 Å². The second kappa shape index (κ2) is 10.3. The van der Waals surface area contributed by atoms with Gasteiger partial charge in [0.1, 0.15) is 0 Å². The fourth-order valence-electron chi connectivity index (χ4n) is 5.12. The standard InChI is InChI=1S/C30H34N2O4S/c1-4-32-28-14-8-21(16-20-6-7-20)17-25(28)26-18-23(11-15-29(26)32)30(33)31-27(19-36-3)22-9-12-24(13-10-22)37(34,35)5-2/h8-15,17-18,20,27H,4-7,16,19H2,1-3H3,(H,31,33)/t27-/m0/s1. The van der Waals surface area contributed by atoms with Gasteiger partial charge in [-0.3, -0.25) is 4.79 Å². The molecule has 4 aromatic rings. The fourth-order valence-corrected chi connectivity index (χ4v) is 6.00. The number of nitrogens with zero attached hydrogens (tertiary/aromatic N) is 1. The summed E-state index contributed by atoms with van der Waals surface area (Å²) in [6, 6.07) is 18.9. The van der Waals surface area contributed by atoms with Crippen molar-refractivity contribution in [3.8, 4) is 0 Å². The van der Waals surface area contributed by atoms with Crippen LogP contribution in [-0.4, -0.2) is 38.4 Å². The van der Waals surface area contributed by atoms with E-state index in [9.17, 15) is 13.2 Å². The Hall–Kier alpha value is -3.16. The van der Waals surface area contributed by atoms with Crippen molar-refractivity contribution in [3.05, 3.63) is 77.4 Å². The number of hydrogen-bond donors (Lipinski definition) is 1. The number of benzene rings is 3. The number of amides is 1. The highest BCUT2D eigenvalue weighted by Gasteiger charge is 2.23. The highest BCUT2D eigenvalue weighted by atomic mass is 32.2. The molecule has 1 aliphatic rings. The molecule has 7 heteroatoms. The van der Waals surface area contributed by atoms with Gasteiger partial charge in [-0.1, -0.05) is 25.1 Å². The van der Waals surface area contributed by atoms with Crippen LogP contribution in [0.4, 0.5) is 0 Å². The first-order valence-electron chi connectivity index (χ1n) is 13.0. The number of methoxy groups -OCH3 is 1. The van der Waals surface area contributed by atoms with Crippen molar-refractivity contribution < 1.29 is 17.9 Å². The van der Waals surface area contributed by atoms with Crippen LogP contribution in [0.15, 0.2) is 65.6 Å². The topological polar surface area (TPSA) is 77.4 Å². The number of aromatic nitrogens is 1. The monoisotopic (exact) mass is 518 g/mol. The quantitative estimate of drug-likeness (QED) is 0.293. The number of nitrogens with one attached hydrogen (secondary N) is 1. The van der Waals surface area contributed by atoms with Crippen LogP contribution in [0.2, 0.25) is 0 Å². The lowest BCUT2D eigenvalue weighted by Gasteiger charge is -2.19. The molecule has 5 rings (SSSR count). The average molecular weight is 519 g/mol. The zero-order valence-electron chi connectivity index (χ0n) is 21.7. The van der Waals surface area contributed by atoms with E-state index in [-0.39, 0.29) is 23.2 Å². The molecule has 0 radical (unpaired) electrons. The third-order valence-electron chi connectivity index (χ3n) is 7.39. The van der Waals surface area contributed by atoms with Crippen molar-refractivity contribution in [2.75, 3.05) is 19.5 Å². The summed E-state index contributed by atoms with van der Waals surface area (Å²) >= 11 is 0. The van der Waals surface area contributed by atoms with Crippen molar-refractivity contribution in [2.45, 2.75) is 50.6 Å². The Balaban J connectivity index is 1.45. The maximum absolute atomic E-state index is 13.4. The maximum Gasteiger partial charge on any atom is 0.251 e. The van der Waals surface area contributed by atoms with Gasteiger partial charge in [-0.25, -0.2) is 8.42 Å². The smallest absolute Gasteiger partial charge is 0.251 e. The van der Waals surface area contributed by atoms with Gasteiger partial charge in [0, 0.05) is 41.0 Å². The number of aryl methyl sites for hydroxylation is 1. The van der Waals surface area contributed by atoms with Crippen molar-refractivity contribution in [3.63, 3.8) is 0 Å². The Bertz CT molecular complexity index is 1550. The lowest BCUT2D eigenvalue weighted by Crippen LogP contribution is -2.31. The summed E-state index contributed by atoms with van der Waals surface area (Å²) in [5.41, 5.74) is 5.04. The lowest BCUT2D eigenvalue weighted by atomic mass is 10.0. The zero-order valence-corrected chi connectivity index (χ0v) is 22.5. The highest BCUT2D eigenvalue weighted by Crippen LogP contribution is 2.35. The summed E-state index contributed by atoms with van der Waals surface area (Å²) in [5.74, 6) is 0.664. The molecule has 1 amide bonds. The highest BCUT2D eigenvalue weighted by molar-refractivity contribution is 7.91. The Morgan fingerprint density at radius 3 is 2.30 bits per heavy atom. The van der Waals surface area contributed by atoms with Crippen LogP contribution in [0.3, 0.4) is 0 Å². The van der Waals surface area contributed by atoms with Crippen LogP contribution in [-0.2, 0) is 27.5 Å². The molecule has 1 saturated carbocycles. The molecule has 1 fully saturated rings. The molecule has 1 aliphatic carbocycles. The molecular formula is C30H34N2O4S. The van der Waals surface area contributed by atoms with Crippen LogP contribution < -0.4 is 5.32 Å². The Morgan fingerprint density at radius 1 is 1.00 bits per heavy atom. The summed E-state index contributed by atoms with van der Waals surface area (Å²) in [6.07, 6.45) is 3.75. The van der Waals surface area contributed by atoms with Gasteiger partial charge < -0.3 is 14.6 Å². The summed E-state index contributed by atoms with van der Waals surface area (Å²) < 4.78 is 32.0. The molecule has 0 saturated heterocycles. The van der Waals surface area contributed by atoms with E-state index in [1.54, 1.807) is 38.3 Å². The first-order chi connectivity index (χ1) is 17.8. The Kier molecular flexibility index (Phi) is 7.10. The van der Waals surface area contributed by atoms with Crippen LogP contribution in [0.1, 0.15) is 54.2 Å². The number of ether oxygens (including phenoxy) is 1. The summed E-state index contributed by atoms with van der Waals surface area (Å²) in [6.45, 7) is 4.89. The number of carbonyl (C=O) groups excluding carboxylic acids is 1. The van der Waals surface area contributed by atoms with Crippen molar-refractivity contribution in [1.82, 2.24) is 9.88 Å². The molecule has 0 bridgehead atoms. The van der Waals surface area contributed by atoms with Crippen LogP contribution in [0.25, 0.3) is 21.8 Å². The van der Waals surface area contributed by atoms with E-state index in [2.05, 4.69) is 35.0 Å². The zero-order chi connectivity index (χ0) is 26.2. The van der Waals surface area contributed by atoms with Gasteiger partial charge in [0.15, 0.2) is 9.84 Å². The summed E-state index contributed by atoms with van der Waals surface area (Å²) in [4.78, 5) is 13.7. The third kappa shape index (κ3) is 5.15. The van der Waals surface area contributed by atoms with Gasteiger partial charge in [-0.2, -0.15) is 0 Å². The SMILES string of the molecule is CCn1c2ccc(CC3CC3)cc2c2cc(C(=O)N[C@@H](COC)c3ccc(S(=O)(=O)CC)cc3)ccc21. The van der Waals surface area contributed by atoms with E-state index in [1.807, 2.05) is 18.2 Å². The maximum atomic E-state index is 13.4. The predicted molar refractivity (Wildman–Crippen MR) is 148 cm³/mol. The minimum Gasteiger partial charge on any atom is -0.382 e. The molecule has 0 unspecified atom stereocenters. The van der Waals surface area contributed by atoms with Crippen molar-refractivity contribution >= 4 is 37.6 Å². The van der Waals surface area contributed by atoms with Gasteiger partial charge in [0.2, 0.25) is 0 Å².